The number of likely N-dealkylation sites (N-methyl/N-ethyl adjacent to an activating group) is 1. The molecule has 3 fully saturated rings. The summed E-state index contributed by atoms with van der Waals surface area (Å²) < 4.78 is 11.8. The molecule has 2 saturated heterocycles. The maximum absolute atomic E-state index is 12.8. The normalized spacial score (nSPS) is 22.5. The molecule has 0 unspecified atom stereocenters. The Hall–Kier alpha value is -2.08. The summed E-state index contributed by atoms with van der Waals surface area (Å²) in [7, 11) is 0. The fourth-order valence-corrected chi connectivity index (χ4v) is 4.22. The lowest BCUT2D eigenvalue weighted by Crippen LogP contribution is -2.42. The van der Waals surface area contributed by atoms with Crippen molar-refractivity contribution in [3.63, 3.8) is 0 Å². The molecule has 6 heteroatoms. The van der Waals surface area contributed by atoms with Gasteiger partial charge in [-0.3, -0.25) is 9.59 Å². The van der Waals surface area contributed by atoms with E-state index in [1.54, 1.807) is 0 Å². The quantitative estimate of drug-likeness (QED) is 0.706. The van der Waals surface area contributed by atoms with Crippen LogP contribution in [0.5, 0.6) is 5.75 Å². The lowest BCUT2D eigenvalue weighted by atomic mass is 10.1. The van der Waals surface area contributed by atoms with Gasteiger partial charge in [-0.15, -0.1) is 0 Å². The summed E-state index contributed by atoms with van der Waals surface area (Å²) in [4.78, 5) is 28.8. The molecule has 1 saturated carbocycles. The predicted molar refractivity (Wildman–Crippen MR) is 110 cm³/mol. The van der Waals surface area contributed by atoms with Crippen molar-refractivity contribution in [3.05, 3.63) is 29.8 Å². The summed E-state index contributed by atoms with van der Waals surface area (Å²) >= 11 is 0. The molecule has 1 aromatic rings. The van der Waals surface area contributed by atoms with Gasteiger partial charge in [-0.05, 0) is 56.9 Å². The molecule has 1 atom stereocenters. The minimum atomic E-state index is 0.0430. The Bertz CT molecular complexity index is 702. The molecule has 0 spiro atoms. The number of carbonyl (C=O) groups is 2. The lowest BCUT2D eigenvalue weighted by Gasteiger charge is -2.32. The maximum Gasteiger partial charge on any atom is 0.253 e. The molecule has 29 heavy (non-hydrogen) atoms. The summed E-state index contributed by atoms with van der Waals surface area (Å²) in [5.74, 6) is 1.45. The van der Waals surface area contributed by atoms with E-state index in [0.717, 1.165) is 64.0 Å². The van der Waals surface area contributed by atoms with Crippen LogP contribution in [0.4, 0.5) is 0 Å². The molecule has 158 valence electrons. The highest BCUT2D eigenvalue weighted by Gasteiger charge is 2.35. The van der Waals surface area contributed by atoms with Crippen LogP contribution in [0.15, 0.2) is 24.3 Å². The fourth-order valence-electron chi connectivity index (χ4n) is 4.22. The number of hydrogen-bond donors (Lipinski definition) is 0. The summed E-state index contributed by atoms with van der Waals surface area (Å²) in [6.45, 7) is 5.71. The Morgan fingerprint density at radius 1 is 1.10 bits per heavy atom. The van der Waals surface area contributed by atoms with Crippen LogP contribution in [0.2, 0.25) is 0 Å². The number of nitrogens with zero attached hydrogens (tertiary/aromatic N) is 2. The number of rotatable bonds is 7. The van der Waals surface area contributed by atoms with Crippen LogP contribution < -0.4 is 4.74 Å². The average Bonchev–Trinajstić information content (AvgIpc) is 3.48. The van der Waals surface area contributed by atoms with Crippen molar-refractivity contribution in [2.75, 3.05) is 32.8 Å². The van der Waals surface area contributed by atoms with E-state index < -0.39 is 0 Å². The first-order valence-corrected chi connectivity index (χ1v) is 11.1. The van der Waals surface area contributed by atoms with Crippen molar-refractivity contribution >= 4 is 11.8 Å². The van der Waals surface area contributed by atoms with Gasteiger partial charge in [0, 0.05) is 57.1 Å². The molecular weight excluding hydrogens is 368 g/mol. The van der Waals surface area contributed by atoms with E-state index in [-0.39, 0.29) is 18.1 Å². The zero-order chi connectivity index (χ0) is 20.2. The summed E-state index contributed by atoms with van der Waals surface area (Å²) in [5.41, 5.74) is 0.682. The van der Waals surface area contributed by atoms with Gasteiger partial charge < -0.3 is 19.3 Å². The number of benzene rings is 1. The van der Waals surface area contributed by atoms with Gasteiger partial charge in [0.1, 0.15) is 11.9 Å². The Morgan fingerprint density at radius 2 is 1.83 bits per heavy atom. The third kappa shape index (κ3) is 5.10. The molecule has 0 N–H and O–H groups in total. The van der Waals surface area contributed by atoms with Crippen molar-refractivity contribution in [2.45, 2.75) is 57.7 Å². The summed E-state index contributed by atoms with van der Waals surface area (Å²) in [6.07, 6.45) is 6.25. The zero-order valence-corrected chi connectivity index (χ0v) is 17.3. The van der Waals surface area contributed by atoms with Gasteiger partial charge in [0.25, 0.3) is 5.91 Å². The number of ether oxygens (including phenoxy) is 2. The zero-order valence-electron chi connectivity index (χ0n) is 17.3. The SMILES string of the molecule is CCN(C[C@H]1CCCO1)C(=O)c1ccc(OC2CCN(C(=O)C3CC3)CC2)cc1. The molecule has 0 radical (unpaired) electrons. The van der Waals surface area contributed by atoms with Crippen molar-refractivity contribution in [3.8, 4) is 5.75 Å². The third-order valence-corrected chi connectivity index (χ3v) is 6.20. The van der Waals surface area contributed by atoms with Gasteiger partial charge in [0.2, 0.25) is 5.91 Å². The predicted octanol–water partition coefficient (Wildman–Crippen LogP) is 3.11. The van der Waals surface area contributed by atoms with Crippen LogP contribution in [0, 0.1) is 5.92 Å². The van der Waals surface area contributed by atoms with Gasteiger partial charge in [0.15, 0.2) is 0 Å². The van der Waals surface area contributed by atoms with Gasteiger partial charge in [-0.25, -0.2) is 0 Å². The fraction of sp³-hybridized carbons (Fsp3) is 0.652. The van der Waals surface area contributed by atoms with Crippen LogP contribution >= 0.6 is 0 Å². The molecule has 1 aromatic carbocycles. The number of hydrogen-bond acceptors (Lipinski definition) is 4. The first-order valence-electron chi connectivity index (χ1n) is 11.1. The van der Waals surface area contributed by atoms with Gasteiger partial charge in [-0.2, -0.15) is 0 Å². The van der Waals surface area contributed by atoms with Crippen molar-refractivity contribution in [2.24, 2.45) is 5.92 Å². The van der Waals surface area contributed by atoms with Crippen molar-refractivity contribution in [1.82, 2.24) is 9.80 Å². The summed E-state index contributed by atoms with van der Waals surface area (Å²) in [6, 6.07) is 7.47. The molecule has 3 aliphatic rings. The van der Waals surface area contributed by atoms with Crippen LogP contribution in [0.25, 0.3) is 0 Å². The highest BCUT2D eigenvalue weighted by atomic mass is 16.5. The highest BCUT2D eigenvalue weighted by molar-refractivity contribution is 5.94. The number of likely N-dealkylation sites (tertiary alicyclic amines) is 1. The number of carbonyl (C=O) groups excluding carboxylic acids is 2. The second-order valence-electron chi connectivity index (χ2n) is 8.42. The van der Waals surface area contributed by atoms with Crippen molar-refractivity contribution < 1.29 is 19.1 Å². The molecule has 2 amide bonds. The standard InChI is InChI=1S/C23H32N2O4/c1-2-24(16-21-4-3-15-28-21)22(26)18-7-9-19(10-8-18)29-20-11-13-25(14-12-20)23(27)17-5-6-17/h7-10,17,20-21H,2-6,11-16H2,1H3/t21-/m1/s1. The first-order chi connectivity index (χ1) is 14.1. The second kappa shape index (κ2) is 9.16. The van der Waals surface area contributed by atoms with Crippen molar-refractivity contribution in [1.29, 1.82) is 0 Å². The van der Waals surface area contributed by atoms with Gasteiger partial charge in [-0.1, -0.05) is 0 Å². The molecule has 0 aromatic heterocycles. The van der Waals surface area contributed by atoms with Crippen LogP contribution in [0.1, 0.15) is 55.8 Å². The Kier molecular flexibility index (Phi) is 6.38. The third-order valence-electron chi connectivity index (χ3n) is 6.20. The summed E-state index contributed by atoms with van der Waals surface area (Å²) in [5, 5.41) is 0. The van der Waals surface area contributed by atoms with Crippen LogP contribution in [-0.4, -0.2) is 66.6 Å². The molecule has 4 rings (SSSR count). The minimum Gasteiger partial charge on any atom is -0.490 e. The monoisotopic (exact) mass is 400 g/mol. The van der Waals surface area contributed by atoms with Gasteiger partial charge in [0.05, 0.1) is 6.10 Å². The topological polar surface area (TPSA) is 59.1 Å². The van der Waals surface area contributed by atoms with E-state index in [0.29, 0.717) is 30.5 Å². The smallest absolute Gasteiger partial charge is 0.253 e. The Balaban J connectivity index is 1.27. The molecule has 6 nitrogen and oxygen atoms in total. The van der Waals surface area contributed by atoms with E-state index >= 15 is 0 Å². The Labute approximate surface area is 173 Å². The van der Waals surface area contributed by atoms with Crippen LogP contribution in [0.3, 0.4) is 0 Å². The van der Waals surface area contributed by atoms with E-state index in [1.165, 1.54) is 0 Å². The minimum absolute atomic E-state index is 0.0430. The Morgan fingerprint density at radius 3 is 2.41 bits per heavy atom. The second-order valence-corrected chi connectivity index (χ2v) is 8.42. The van der Waals surface area contributed by atoms with Gasteiger partial charge >= 0.3 is 0 Å². The van der Waals surface area contributed by atoms with Crippen LogP contribution in [-0.2, 0) is 9.53 Å². The number of piperidine rings is 1. The maximum atomic E-state index is 12.8. The largest absolute Gasteiger partial charge is 0.490 e. The highest BCUT2D eigenvalue weighted by Crippen LogP contribution is 2.32. The van der Waals surface area contributed by atoms with E-state index in [9.17, 15) is 9.59 Å². The molecule has 1 aliphatic carbocycles. The van der Waals surface area contributed by atoms with E-state index in [2.05, 4.69) is 0 Å². The van der Waals surface area contributed by atoms with E-state index in [4.69, 9.17) is 9.47 Å². The molecule has 2 aliphatic heterocycles. The average molecular weight is 401 g/mol. The van der Waals surface area contributed by atoms with E-state index in [1.807, 2.05) is 41.0 Å². The first kappa shape index (κ1) is 20.2. The number of amides is 2. The lowest BCUT2D eigenvalue weighted by molar-refractivity contribution is -0.134. The molecular formula is C23H32N2O4. The molecule has 2 heterocycles. The molecule has 0 bridgehead atoms.